The molecule has 0 spiro atoms. The zero-order valence-corrected chi connectivity index (χ0v) is 15.4. The van der Waals surface area contributed by atoms with Crippen molar-refractivity contribution in [2.75, 3.05) is 24.2 Å². The normalized spacial score (nSPS) is 17.8. The van der Waals surface area contributed by atoms with E-state index in [-0.39, 0.29) is 16.7 Å². The standard InChI is InChI=1S/C14H21N5O4S2/c1-2-24(20,21)19-7-5-10(6-8-19)16-14-17-12-4-3-11(25(15,22)23)9-13(12)18-14/h3-4,9-10H,2,5-8H2,1H3,(H2,15,22,23)(H2,16,17,18). The van der Waals surface area contributed by atoms with Crippen molar-refractivity contribution in [2.24, 2.45) is 5.14 Å². The Hall–Kier alpha value is -1.69. The van der Waals surface area contributed by atoms with Crippen LogP contribution in [0.4, 0.5) is 5.95 Å². The molecule has 138 valence electrons. The molecule has 11 heteroatoms. The van der Waals surface area contributed by atoms with Crippen molar-refractivity contribution in [3.63, 3.8) is 0 Å². The average molecular weight is 387 g/mol. The van der Waals surface area contributed by atoms with Crippen LogP contribution in [0.25, 0.3) is 11.0 Å². The maximum Gasteiger partial charge on any atom is 0.238 e. The first-order chi connectivity index (χ1) is 11.7. The largest absolute Gasteiger partial charge is 0.353 e. The summed E-state index contributed by atoms with van der Waals surface area (Å²) in [5.74, 6) is 0.638. The molecule has 0 bridgehead atoms. The highest BCUT2D eigenvalue weighted by Gasteiger charge is 2.27. The fraction of sp³-hybridized carbons (Fsp3) is 0.500. The smallest absolute Gasteiger partial charge is 0.238 e. The van der Waals surface area contributed by atoms with Gasteiger partial charge in [-0.2, -0.15) is 0 Å². The van der Waals surface area contributed by atoms with Gasteiger partial charge in [0.15, 0.2) is 0 Å². The van der Waals surface area contributed by atoms with Gasteiger partial charge in [-0.3, -0.25) is 0 Å². The molecule has 0 saturated carbocycles. The number of nitrogens with one attached hydrogen (secondary N) is 2. The lowest BCUT2D eigenvalue weighted by atomic mass is 10.1. The van der Waals surface area contributed by atoms with E-state index >= 15 is 0 Å². The van der Waals surface area contributed by atoms with Gasteiger partial charge in [-0.25, -0.2) is 31.3 Å². The summed E-state index contributed by atoms with van der Waals surface area (Å²) in [6.07, 6.45) is 1.36. The van der Waals surface area contributed by atoms with Gasteiger partial charge in [0.05, 0.1) is 21.7 Å². The maximum atomic E-state index is 11.9. The lowest BCUT2D eigenvalue weighted by Gasteiger charge is -2.31. The number of anilines is 1. The third kappa shape index (κ3) is 3.94. The van der Waals surface area contributed by atoms with E-state index in [0.29, 0.717) is 42.9 Å². The second kappa shape index (κ2) is 6.56. The summed E-state index contributed by atoms with van der Waals surface area (Å²) in [7, 11) is -6.91. The molecule has 0 radical (unpaired) electrons. The van der Waals surface area contributed by atoms with E-state index in [1.165, 1.54) is 16.4 Å². The lowest BCUT2D eigenvalue weighted by molar-refractivity contribution is 0.329. The number of nitrogens with two attached hydrogens (primary N) is 1. The van der Waals surface area contributed by atoms with Crippen molar-refractivity contribution in [1.29, 1.82) is 0 Å². The minimum Gasteiger partial charge on any atom is -0.353 e. The Kier molecular flexibility index (Phi) is 4.75. The predicted octanol–water partition coefficient (Wildman–Crippen LogP) is 0.436. The van der Waals surface area contributed by atoms with Crippen molar-refractivity contribution in [3.05, 3.63) is 18.2 Å². The number of hydrogen-bond acceptors (Lipinski definition) is 6. The van der Waals surface area contributed by atoms with Gasteiger partial charge >= 0.3 is 0 Å². The fourth-order valence-electron chi connectivity index (χ4n) is 2.89. The Labute approximate surface area is 146 Å². The Morgan fingerprint density at radius 2 is 1.96 bits per heavy atom. The molecule has 0 unspecified atom stereocenters. The van der Waals surface area contributed by atoms with E-state index in [9.17, 15) is 16.8 Å². The number of piperidine rings is 1. The van der Waals surface area contributed by atoms with Gasteiger partial charge in [0.1, 0.15) is 0 Å². The number of rotatable bonds is 5. The highest BCUT2D eigenvalue weighted by molar-refractivity contribution is 7.89. The second-order valence-electron chi connectivity index (χ2n) is 6.03. The van der Waals surface area contributed by atoms with E-state index in [0.717, 1.165) is 0 Å². The molecule has 1 aliphatic rings. The minimum absolute atomic E-state index is 0.0216. The molecular formula is C14H21N5O4S2. The first-order valence-electron chi connectivity index (χ1n) is 7.96. The number of nitrogens with zero attached hydrogens (tertiary/aromatic N) is 2. The Morgan fingerprint density at radius 3 is 2.56 bits per heavy atom. The fourth-order valence-corrected chi connectivity index (χ4v) is 4.56. The third-order valence-corrected chi connectivity index (χ3v) is 7.13. The van der Waals surface area contributed by atoms with Gasteiger partial charge in [-0.1, -0.05) is 0 Å². The molecule has 9 nitrogen and oxygen atoms in total. The van der Waals surface area contributed by atoms with Crippen LogP contribution < -0.4 is 10.5 Å². The highest BCUT2D eigenvalue weighted by atomic mass is 32.2. The van der Waals surface area contributed by atoms with Crippen molar-refractivity contribution in [2.45, 2.75) is 30.7 Å². The quantitative estimate of drug-likeness (QED) is 0.680. The van der Waals surface area contributed by atoms with Gasteiger partial charge in [-0.05, 0) is 38.0 Å². The van der Waals surface area contributed by atoms with Crippen LogP contribution in [-0.2, 0) is 20.0 Å². The number of aromatic nitrogens is 2. The SMILES string of the molecule is CCS(=O)(=O)N1CCC(Nc2nc3ccc(S(N)(=O)=O)cc3[nH]2)CC1. The summed E-state index contributed by atoms with van der Waals surface area (Å²) in [4.78, 5) is 7.44. The van der Waals surface area contributed by atoms with Gasteiger partial charge in [0.25, 0.3) is 0 Å². The number of fused-ring (bicyclic) bond motifs is 1. The van der Waals surface area contributed by atoms with Crippen molar-refractivity contribution >= 4 is 37.0 Å². The molecule has 0 amide bonds. The van der Waals surface area contributed by atoms with Gasteiger partial charge in [-0.15, -0.1) is 0 Å². The van der Waals surface area contributed by atoms with Crippen LogP contribution in [0.5, 0.6) is 0 Å². The summed E-state index contributed by atoms with van der Waals surface area (Å²) >= 11 is 0. The summed E-state index contributed by atoms with van der Waals surface area (Å²) in [6, 6.07) is 4.55. The third-order valence-electron chi connectivity index (χ3n) is 4.33. The summed E-state index contributed by atoms with van der Waals surface area (Å²) in [5.41, 5.74) is 1.20. The van der Waals surface area contributed by atoms with Crippen LogP contribution in [0.3, 0.4) is 0 Å². The number of aromatic amines is 1. The number of H-pyrrole nitrogens is 1. The molecule has 0 atom stereocenters. The van der Waals surface area contributed by atoms with Crippen LogP contribution in [-0.4, -0.2) is 56.0 Å². The number of hydrogen-bond donors (Lipinski definition) is 3. The molecule has 2 heterocycles. The van der Waals surface area contributed by atoms with Crippen LogP contribution >= 0.6 is 0 Å². The predicted molar refractivity (Wildman–Crippen MR) is 95.1 cm³/mol. The number of primary sulfonamides is 1. The highest BCUT2D eigenvalue weighted by Crippen LogP contribution is 2.21. The van der Waals surface area contributed by atoms with E-state index < -0.39 is 20.0 Å². The number of benzene rings is 1. The summed E-state index contributed by atoms with van der Waals surface area (Å²) in [5, 5.41) is 8.38. The van der Waals surface area contributed by atoms with Crippen molar-refractivity contribution in [3.8, 4) is 0 Å². The first-order valence-corrected chi connectivity index (χ1v) is 11.1. The topological polar surface area (TPSA) is 138 Å². The van der Waals surface area contributed by atoms with E-state index in [2.05, 4.69) is 15.3 Å². The first kappa shape index (κ1) is 18.1. The molecule has 1 saturated heterocycles. The molecule has 1 aromatic carbocycles. The summed E-state index contributed by atoms with van der Waals surface area (Å²) in [6.45, 7) is 2.59. The summed E-state index contributed by atoms with van der Waals surface area (Å²) < 4.78 is 48.1. The van der Waals surface area contributed by atoms with Gasteiger partial charge in [0, 0.05) is 19.1 Å². The average Bonchev–Trinajstić information content (AvgIpc) is 2.96. The molecule has 4 N–H and O–H groups in total. The van der Waals surface area contributed by atoms with Crippen LogP contribution in [0.1, 0.15) is 19.8 Å². The van der Waals surface area contributed by atoms with Crippen LogP contribution in [0, 0.1) is 0 Å². The molecule has 25 heavy (non-hydrogen) atoms. The van der Waals surface area contributed by atoms with Crippen LogP contribution in [0.15, 0.2) is 23.1 Å². The van der Waals surface area contributed by atoms with Crippen molar-refractivity contribution in [1.82, 2.24) is 14.3 Å². The Balaban J connectivity index is 1.70. The zero-order chi connectivity index (χ0) is 18.2. The van der Waals surface area contributed by atoms with E-state index in [4.69, 9.17) is 5.14 Å². The minimum atomic E-state index is -3.77. The molecule has 0 aliphatic carbocycles. The van der Waals surface area contributed by atoms with Gasteiger partial charge < -0.3 is 10.3 Å². The molecule has 1 aromatic heterocycles. The van der Waals surface area contributed by atoms with Gasteiger partial charge in [0.2, 0.25) is 26.0 Å². The molecule has 3 rings (SSSR count). The monoisotopic (exact) mass is 387 g/mol. The Bertz CT molecular complexity index is 976. The second-order valence-corrected chi connectivity index (χ2v) is 9.85. The molecule has 1 aliphatic heterocycles. The maximum absolute atomic E-state index is 11.9. The molecular weight excluding hydrogens is 366 g/mol. The number of imidazole rings is 1. The zero-order valence-electron chi connectivity index (χ0n) is 13.8. The molecule has 1 fully saturated rings. The Morgan fingerprint density at radius 1 is 1.28 bits per heavy atom. The van der Waals surface area contributed by atoms with E-state index in [1.807, 2.05) is 0 Å². The lowest BCUT2D eigenvalue weighted by Crippen LogP contribution is -2.43. The van der Waals surface area contributed by atoms with E-state index in [1.54, 1.807) is 13.0 Å². The number of sulfonamides is 2. The molecule has 2 aromatic rings. The van der Waals surface area contributed by atoms with Crippen LogP contribution in [0.2, 0.25) is 0 Å². The van der Waals surface area contributed by atoms with Crippen molar-refractivity contribution < 1.29 is 16.8 Å².